The van der Waals surface area contributed by atoms with E-state index < -0.39 is 0 Å². The third kappa shape index (κ3) is 2.38. The van der Waals surface area contributed by atoms with Crippen LogP contribution in [0.15, 0.2) is 53.4 Å². The van der Waals surface area contributed by atoms with Gasteiger partial charge in [-0.2, -0.15) is 0 Å². The normalized spacial score (nSPS) is 17.7. The van der Waals surface area contributed by atoms with E-state index in [4.69, 9.17) is 0 Å². The minimum Gasteiger partial charge on any atom is -0.324 e. The third-order valence-corrected chi connectivity index (χ3v) is 4.65. The van der Waals surface area contributed by atoms with Gasteiger partial charge >= 0.3 is 0 Å². The molecule has 1 heterocycles. The quantitative estimate of drug-likeness (QED) is 0.891. The number of hydrogen-bond donors (Lipinski definition) is 1. The number of para-hydroxylation sites is 1. The van der Waals surface area contributed by atoms with Crippen molar-refractivity contribution in [2.24, 2.45) is 0 Å². The lowest BCUT2D eigenvalue weighted by Gasteiger charge is -2.24. The van der Waals surface area contributed by atoms with E-state index in [2.05, 4.69) is 36.5 Å². The van der Waals surface area contributed by atoms with Crippen LogP contribution >= 0.6 is 11.8 Å². The van der Waals surface area contributed by atoms with E-state index in [1.807, 2.05) is 24.3 Å². The van der Waals surface area contributed by atoms with Crippen molar-refractivity contribution in [3.05, 3.63) is 59.7 Å². The molecule has 1 atom stereocenters. The molecule has 96 valence electrons. The van der Waals surface area contributed by atoms with Crippen molar-refractivity contribution >= 4 is 23.4 Å². The summed E-state index contributed by atoms with van der Waals surface area (Å²) in [6, 6.07) is 16.3. The number of amides is 1. The van der Waals surface area contributed by atoms with E-state index >= 15 is 0 Å². The lowest BCUT2D eigenvalue weighted by atomic mass is 10.1. The van der Waals surface area contributed by atoms with Gasteiger partial charge in [0.1, 0.15) is 5.25 Å². The first-order valence-electron chi connectivity index (χ1n) is 6.43. The highest BCUT2D eigenvalue weighted by Gasteiger charge is 2.27. The summed E-state index contributed by atoms with van der Waals surface area (Å²) in [5, 5.41) is 2.83. The van der Waals surface area contributed by atoms with Gasteiger partial charge in [-0.15, -0.1) is 11.8 Å². The molecule has 3 rings (SSSR count). The van der Waals surface area contributed by atoms with Crippen molar-refractivity contribution in [3.8, 4) is 0 Å². The Morgan fingerprint density at radius 3 is 2.58 bits per heavy atom. The van der Waals surface area contributed by atoms with Crippen molar-refractivity contribution < 1.29 is 4.79 Å². The van der Waals surface area contributed by atoms with Crippen molar-refractivity contribution in [1.29, 1.82) is 0 Å². The monoisotopic (exact) mass is 269 g/mol. The molecule has 0 radical (unpaired) electrons. The van der Waals surface area contributed by atoms with E-state index in [1.165, 1.54) is 5.56 Å². The lowest BCUT2D eigenvalue weighted by Crippen LogP contribution is -2.22. The predicted molar refractivity (Wildman–Crippen MR) is 79.5 cm³/mol. The largest absolute Gasteiger partial charge is 0.324 e. The summed E-state index contributed by atoms with van der Waals surface area (Å²) in [5.74, 6) is 0.0629. The van der Waals surface area contributed by atoms with Gasteiger partial charge in [0.25, 0.3) is 0 Å². The summed E-state index contributed by atoms with van der Waals surface area (Å²) in [4.78, 5) is 13.3. The van der Waals surface area contributed by atoms with Crippen LogP contribution in [0.3, 0.4) is 0 Å². The van der Waals surface area contributed by atoms with Crippen molar-refractivity contribution in [3.63, 3.8) is 0 Å². The highest BCUT2D eigenvalue weighted by Crippen LogP contribution is 2.43. The standard InChI is InChI=1S/C16H15NOS/c1-2-11-7-9-12(10-8-11)15-16(18)17-13-5-3-4-6-14(13)19-15/h3-10,15H,2H2,1H3,(H,17,18). The number of carbonyl (C=O) groups excluding carboxylic acids is 1. The van der Waals surface area contributed by atoms with E-state index in [9.17, 15) is 4.79 Å². The summed E-state index contributed by atoms with van der Waals surface area (Å²) >= 11 is 1.62. The average molecular weight is 269 g/mol. The Kier molecular flexibility index (Phi) is 3.30. The van der Waals surface area contributed by atoms with E-state index in [1.54, 1.807) is 11.8 Å². The molecule has 1 amide bonds. The molecule has 1 aliphatic rings. The topological polar surface area (TPSA) is 29.1 Å². The van der Waals surface area contributed by atoms with Gasteiger partial charge in [0.15, 0.2) is 0 Å². The zero-order valence-electron chi connectivity index (χ0n) is 10.7. The molecule has 0 spiro atoms. The number of nitrogens with one attached hydrogen (secondary N) is 1. The third-order valence-electron chi connectivity index (χ3n) is 3.32. The van der Waals surface area contributed by atoms with Crippen LogP contribution in [0.25, 0.3) is 0 Å². The molecule has 1 N–H and O–H groups in total. The number of benzene rings is 2. The zero-order valence-corrected chi connectivity index (χ0v) is 11.5. The Morgan fingerprint density at radius 2 is 1.84 bits per heavy atom. The maximum Gasteiger partial charge on any atom is 0.242 e. The highest BCUT2D eigenvalue weighted by atomic mass is 32.2. The van der Waals surface area contributed by atoms with Crippen LogP contribution < -0.4 is 5.32 Å². The van der Waals surface area contributed by atoms with Crippen LogP contribution in [-0.2, 0) is 11.2 Å². The smallest absolute Gasteiger partial charge is 0.242 e. The summed E-state index contributed by atoms with van der Waals surface area (Å²) < 4.78 is 0. The number of carbonyl (C=O) groups is 1. The second-order valence-electron chi connectivity index (χ2n) is 4.58. The number of aryl methyl sites for hydroxylation is 1. The first kappa shape index (κ1) is 12.3. The maximum absolute atomic E-state index is 12.2. The molecule has 2 aromatic rings. The lowest BCUT2D eigenvalue weighted by molar-refractivity contribution is -0.115. The van der Waals surface area contributed by atoms with Crippen LogP contribution in [0.1, 0.15) is 23.3 Å². The number of anilines is 1. The van der Waals surface area contributed by atoms with E-state index in [-0.39, 0.29) is 11.2 Å². The molecule has 2 nitrogen and oxygen atoms in total. The van der Waals surface area contributed by atoms with Gasteiger partial charge in [0, 0.05) is 4.90 Å². The summed E-state index contributed by atoms with van der Waals surface area (Å²) in [7, 11) is 0. The van der Waals surface area contributed by atoms with Gasteiger partial charge in [-0.25, -0.2) is 0 Å². The van der Waals surface area contributed by atoms with E-state index in [0.29, 0.717) is 0 Å². The van der Waals surface area contributed by atoms with Crippen LogP contribution in [-0.4, -0.2) is 5.91 Å². The Labute approximate surface area is 117 Å². The average Bonchev–Trinajstić information content (AvgIpc) is 2.47. The molecule has 1 aliphatic heterocycles. The fourth-order valence-electron chi connectivity index (χ4n) is 2.20. The van der Waals surface area contributed by atoms with Gasteiger partial charge in [-0.3, -0.25) is 4.79 Å². The molecule has 0 fully saturated rings. The van der Waals surface area contributed by atoms with Crippen LogP contribution in [0.2, 0.25) is 0 Å². The van der Waals surface area contributed by atoms with Crippen LogP contribution in [0.5, 0.6) is 0 Å². The minimum absolute atomic E-state index is 0.0629. The summed E-state index contributed by atoms with van der Waals surface area (Å²) in [5.41, 5.74) is 3.28. The van der Waals surface area contributed by atoms with Crippen LogP contribution in [0.4, 0.5) is 5.69 Å². The number of hydrogen-bond acceptors (Lipinski definition) is 2. The second kappa shape index (κ2) is 5.10. The summed E-state index contributed by atoms with van der Waals surface area (Å²) in [6.45, 7) is 2.13. The molecule has 0 bridgehead atoms. The Morgan fingerprint density at radius 1 is 1.11 bits per heavy atom. The molecule has 0 aromatic heterocycles. The number of rotatable bonds is 2. The molecular formula is C16H15NOS. The predicted octanol–water partition coefficient (Wildman–Crippen LogP) is 4.03. The van der Waals surface area contributed by atoms with Gasteiger partial charge < -0.3 is 5.32 Å². The highest BCUT2D eigenvalue weighted by molar-refractivity contribution is 8.00. The van der Waals surface area contributed by atoms with Crippen LogP contribution in [0, 0.1) is 0 Å². The molecule has 19 heavy (non-hydrogen) atoms. The Bertz CT molecular complexity index is 606. The first-order chi connectivity index (χ1) is 9.28. The number of thioether (sulfide) groups is 1. The Balaban J connectivity index is 1.91. The maximum atomic E-state index is 12.2. The second-order valence-corrected chi connectivity index (χ2v) is 5.73. The molecule has 0 aliphatic carbocycles. The van der Waals surface area contributed by atoms with Gasteiger partial charge in [0.2, 0.25) is 5.91 Å². The molecule has 2 aromatic carbocycles. The number of fused-ring (bicyclic) bond motifs is 1. The fourth-order valence-corrected chi connectivity index (χ4v) is 3.32. The first-order valence-corrected chi connectivity index (χ1v) is 7.31. The van der Waals surface area contributed by atoms with Gasteiger partial charge in [-0.05, 0) is 29.7 Å². The fraction of sp³-hybridized carbons (Fsp3) is 0.188. The van der Waals surface area contributed by atoms with Gasteiger partial charge in [0.05, 0.1) is 5.69 Å². The minimum atomic E-state index is -0.152. The van der Waals surface area contributed by atoms with Gasteiger partial charge in [-0.1, -0.05) is 43.3 Å². The molecule has 0 saturated heterocycles. The van der Waals surface area contributed by atoms with Crippen molar-refractivity contribution in [2.45, 2.75) is 23.5 Å². The zero-order chi connectivity index (χ0) is 13.2. The molecular weight excluding hydrogens is 254 g/mol. The molecule has 3 heteroatoms. The molecule has 0 saturated carbocycles. The van der Waals surface area contributed by atoms with Crippen molar-refractivity contribution in [1.82, 2.24) is 0 Å². The van der Waals surface area contributed by atoms with E-state index in [0.717, 1.165) is 22.6 Å². The SMILES string of the molecule is CCc1ccc(C2Sc3ccccc3NC2=O)cc1. The Hall–Kier alpha value is -1.74. The summed E-state index contributed by atoms with van der Waals surface area (Å²) in [6.07, 6.45) is 1.02. The van der Waals surface area contributed by atoms with Crippen molar-refractivity contribution in [2.75, 3.05) is 5.32 Å². The molecule has 1 unspecified atom stereocenters.